The molecule has 5 heteroatoms. The smallest absolute Gasteiger partial charge is 0.0533 e. The Morgan fingerprint density at radius 1 is 0.875 bits per heavy atom. The zero-order chi connectivity index (χ0) is 11.1. The Morgan fingerprint density at radius 2 is 1.56 bits per heavy atom. The summed E-state index contributed by atoms with van der Waals surface area (Å²) in [6.07, 6.45) is 8.68. The molecule has 0 bridgehead atoms. The lowest BCUT2D eigenvalue weighted by Crippen LogP contribution is -2.22. The second kappa shape index (κ2) is 6.07. The number of nitrogens with zero attached hydrogens (tertiary/aromatic N) is 4. The van der Waals surface area contributed by atoms with Crippen LogP contribution in [0.3, 0.4) is 0 Å². The highest BCUT2D eigenvalue weighted by molar-refractivity contribution is 4.78. The van der Waals surface area contributed by atoms with E-state index in [4.69, 9.17) is 0 Å². The van der Waals surface area contributed by atoms with E-state index in [0.29, 0.717) is 0 Å². The molecule has 2 heterocycles. The molecule has 2 aromatic heterocycles. The molecule has 2 rings (SSSR count). The van der Waals surface area contributed by atoms with Crippen LogP contribution in [0, 0.1) is 0 Å². The Balaban J connectivity index is 1.49. The first-order valence-corrected chi connectivity index (χ1v) is 5.61. The van der Waals surface area contributed by atoms with E-state index in [9.17, 15) is 0 Å². The van der Waals surface area contributed by atoms with Crippen LogP contribution in [-0.4, -0.2) is 32.7 Å². The van der Waals surface area contributed by atoms with Gasteiger partial charge in [0, 0.05) is 37.9 Å². The van der Waals surface area contributed by atoms with Gasteiger partial charge in [-0.3, -0.25) is 9.36 Å². The highest BCUT2D eigenvalue weighted by Crippen LogP contribution is 1.88. The average molecular weight is 219 g/mol. The molecule has 1 N–H and O–H groups in total. The summed E-state index contributed by atoms with van der Waals surface area (Å²) >= 11 is 0. The molecular formula is C11H17N5. The number of aromatic nitrogens is 4. The number of hydrogen-bond donors (Lipinski definition) is 1. The molecule has 0 amide bonds. The van der Waals surface area contributed by atoms with Gasteiger partial charge in [0.2, 0.25) is 0 Å². The number of rotatable bonds is 7. The van der Waals surface area contributed by atoms with Crippen molar-refractivity contribution in [3.8, 4) is 0 Å². The van der Waals surface area contributed by atoms with E-state index in [-0.39, 0.29) is 0 Å². The van der Waals surface area contributed by atoms with Crippen molar-refractivity contribution in [2.75, 3.05) is 13.1 Å². The Morgan fingerprint density at radius 3 is 2.19 bits per heavy atom. The standard InChI is InChI=1S/C11H17N5/c1(8-15-9-2-5-13-15)4-12-7-11-16-10-3-6-14-16/h2-3,5-6,9-10,12H,1,4,7-8,11H2. The summed E-state index contributed by atoms with van der Waals surface area (Å²) in [5.41, 5.74) is 0. The fraction of sp³-hybridized carbons (Fsp3) is 0.455. The lowest BCUT2D eigenvalue weighted by atomic mass is 10.4. The molecule has 0 aromatic carbocycles. The SMILES string of the molecule is c1cnn(CCCNCCn2cccn2)c1. The van der Waals surface area contributed by atoms with Gasteiger partial charge < -0.3 is 5.32 Å². The van der Waals surface area contributed by atoms with Gasteiger partial charge >= 0.3 is 0 Å². The largest absolute Gasteiger partial charge is 0.315 e. The summed E-state index contributed by atoms with van der Waals surface area (Å²) in [6.45, 7) is 3.87. The van der Waals surface area contributed by atoms with Crippen molar-refractivity contribution in [2.24, 2.45) is 0 Å². The van der Waals surface area contributed by atoms with Gasteiger partial charge in [-0.15, -0.1) is 0 Å². The molecule has 0 unspecified atom stereocenters. The van der Waals surface area contributed by atoms with Crippen LogP contribution in [0.1, 0.15) is 6.42 Å². The fourth-order valence-electron chi connectivity index (χ4n) is 1.55. The highest BCUT2D eigenvalue weighted by atomic mass is 15.3. The third kappa shape index (κ3) is 3.51. The molecule has 2 aromatic rings. The fourth-order valence-corrected chi connectivity index (χ4v) is 1.55. The summed E-state index contributed by atoms with van der Waals surface area (Å²) in [4.78, 5) is 0. The van der Waals surface area contributed by atoms with E-state index < -0.39 is 0 Å². The minimum atomic E-state index is 0.925. The second-order valence-corrected chi connectivity index (χ2v) is 3.64. The van der Waals surface area contributed by atoms with Gasteiger partial charge in [0.05, 0.1) is 6.54 Å². The lowest BCUT2D eigenvalue weighted by Gasteiger charge is -2.05. The van der Waals surface area contributed by atoms with Gasteiger partial charge in [0.15, 0.2) is 0 Å². The minimum Gasteiger partial charge on any atom is -0.315 e. The topological polar surface area (TPSA) is 47.7 Å². The van der Waals surface area contributed by atoms with Gasteiger partial charge in [-0.05, 0) is 25.1 Å². The van der Waals surface area contributed by atoms with Crippen molar-refractivity contribution in [3.05, 3.63) is 36.9 Å². The number of nitrogens with one attached hydrogen (secondary N) is 1. The molecule has 0 saturated heterocycles. The van der Waals surface area contributed by atoms with Crippen LogP contribution in [0.15, 0.2) is 36.9 Å². The van der Waals surface area contributed by atoms with E-state index in [0.717, 1.165) is 32.6 Å². The third-order valence-electron chi connectivity index (χ3n) is 2.38. The molecule has 5 nitrogen and oxygen atoms in total. The number of aryl methyl sites for hydroxylation is 1. The maximum atomic E-state index is 4.15. The summed E-state index contributed by atoms with van der Waals surface area (Å²) in [5.74, 6) is 0. The van der Waals surface area contributed by atoms with Crippen molar-refractivity contribution in [1.29, 1.82) is 0 Å². The van der Waals surface area contributed by atoms with E-state index in [2.05, 4.69) is 15.5 Å². The van der Waals surface area contributed by atoms with E-state index >= 15 is 0 Å². The van der Waals surface area contributed by atoms with Crippen LogP contribution in [0.2, 0.25) is 0 Å². The molecular weight excluding hydrogens is 202 g/mol. The van der Waals surface area contributed by atoms with E-state index in [1.807, 2.05) is 40.1 Å². The molecule has 0 aliphatic heterocycles. The first kappa shape index (κ1) is 10.9. The molecule has 0 radical (unpaired) electrons. The average Bonchev–Trinajstić information content (AvgIpc) is 2.96. The monoisotopic (exact) mass is 219 g/mol. The van der Waals surface area contributed by atoms with Crippen molar-refractivity contribution >= 4 is 0 Å². The summed E-state index contributed by atoms with van der Waals surface area (Å²) in [6, 6.07) is 3.89. The maximum absolute atomic E-state index is 4.15. The molecule has 0 aliphatic carbocycles. The van der Waals surface area contributed by atoms with Crippen LogP contribution in [-0.2, 0) is 13.1 Å². The quantitative estimate of drug-likeness (QED) is 0.699. The molecule has 0 atom stereocenters. The van der Waals surface area contributed by atoms with E-state index in [1.54, 1.807) is 6.20 Å². The summed E-state index contributed by atoms with van der Waals surface area (Å²) in [7, 11) is 0. The van der Waals surface area contributed by atoms with E-state index in [1.165, 1.54) is 0 Å². The Labute approximate surface area is 95.1 Å². The summed E-state index contributed by atoms with van der Waals surface area (Å²) < 4.78 is 3.88. The third-order valence-corrected chi connectivity index (χ3v) is 2.38. The molecule has 86 valence electrons. The van der Waals surface area contributed by atoms with Crippen molar-refractivity contribution < 1.29 is 0 Å². The molecule has 0 aliphatic rings. The summed E-state index contributed by atoms with van der Waals surface area (Å²) in [5, 5.41) is 11.7. The number of hydrogen-bond acceptors (Lipinski definition) is 3. The van der Waals surface area contributed by atoms with Gasteiger partial charge in [-0.1, -0.05) is 0 Å². The van der Waals surface area contributed by atoms with Crippen LogP contribution in [0.5, 0.6) is 0 Å². The van der Waals surface area contributed by atoms with Crippen molar-refractivity contribution in [1.82, 2.24) is 24.9 Å². The van der Waals surface area contributed by atoms with Crippen molar-refractivity contribution in [3.63, 3.8) is 0 Å². The normalized spacial score (nSPS) is 10.8. The first-order chi connectivity index (χ1) is 7.95. The van der Waals surface area contributed by atoms with Gasteiger partial charge in [0.1, 0.15) is 0 Å². The first-order valence-electron chi connectivity index (χ1n) is 5.61. The lowest BCUT2D eigenvalue weighted by molar-refractivity contribution is 0.513. The zero-order valence-corrected chi connectivity index (χ0v) is 9.29. The molecule has 0 fully saturated rings. The van der Waals surface area contributed by atoms with Crippen LogP contribution in [0.4, 0.5) is 0 Å². The van der Waals surface area contributed by atoms with Gasteiger partial charge in [0.25, 0.3) is 0 Å². The van der Waals surface area contributed by atoms with Gasteiger partial charge in [-0.2, -0.15) is 10.2 Å². The predicted molar refractivity (Wildman–Crippen MR) is 61.9 cm³/mol. The minimum absolute atomic E-state index is 0.925. The second-order valence-electron chi connectivity index (χ2n) is 3.64. The molecule has 0 spiro atoms. The van der Waals surface area contributed by atoms with Gasteiger partial charge in [-0.25, -0.2) is 0 Å². The molecule has 0 saturated carbocycles. The predicted octanol–water partition coefficient (Wildman–Crippen LogP) is 0.759. The van der Waals surface area contributed by atoms with Crippen LogP contribution in [0.25, 0.3) is 0 Å². The molecule has 16 heavy (non-hydrogen) atoms. The van der Waals surface area contributed by atoms with Crippen LogP contribution < -0.4 is 5.32 Å². The van der Waals surface area contributed by atoms with Crippen LogP contribution >= 0.6 is 0 Å². The zero-order valence-electron chi connectivity index (χ0n) is 9.29. The maximum Gasteiger partial charge on any atom is 0.0533 e. The Hall–Kier alpha value is -1.62. The van der Waals surface area contributed by atoms with Crippen molar-refractivity contribution in [2.45, 2.75) is 19.5 Å². The highest BCUT2D eigenvalue weighted by Gasteiger charge is 1.92. The Bertz CT molecular complexity index is 327. The Kier molecular flexibility index (Phi) is 4.13.